The zero-order chi connectivity index (χ0) is 4.12. The minimum absolute atomic E-state index is 1.54. The maximum absolute atomic E-state index is 2.78. The van der Waals surface area contributed by atoms with Crippen molar-refractivity contribution in [2.45, 2.75) is 0 Å². The Balaban J connectivity index is 2.19. The van der Waals surface area contributed by atoms with Crippen molar-refractivity contribution < 1.29 is 0 Å². The lowest BCUT2D eigenvalue weighted by Gasteiger charge is -1.89. The third-order valence-corrected chi connectivity index (χ3v) is 0.612. The largest absolute Gasteiger partial charge is 0.251 e. The second kappa shape index (κ2) is 4.27. The molecule has 0 saturated heterocycles. The van der Waals surface area contributed by atoms with E-state index in [9.17, 15) is 0 Å². The first-order valence-electron chi connectivity index (χ1n) is 1.36. The number of rotatable bonds is 2. The van der Waals surface area contributed by atoms with Crippen LogP contribution in [0.25, 0.3) is 0 Å². The molecule has 5 heavy (non-hydrogen) atoms. The highest BCUT2D eigenvalue weighted by Crippen LogP contribution is 1.70. The van der Waals surface area contributed by atoms with E-state index in [0.717, 1.165) is 0 Å². The van der Waals surface area contributed by atoms with Crippen LogP contribution in [0.1, 0.15) is 0 Å². The van der Waals surface area contributed by atoms with Gasteiger partial charge >= 0.3 is 0 Å². The van der Waals surface area contributed by atoms with E-state index in [4.69, 9.17) is 0 Å². The van der Waals surface area contributed by atoms with Crippen LogP contribution in [0.3, 0.4) is 0 Å². The van der Waals surface area contributed by atoms with Crippen LogP contribution in [-0.2, 0) is 0 Å². The standard InChI is InChI=1S/C2H8N2S/c1-3-4-5-2/h3-4H,1-2H3. The van der Waals surface area contributed by atoms with Crippen LogP contribution < -0.4 is 10.3 Å². The molecular formula is C2H8N2S. The van der Waals surface area contributed by atoms with E-state index < -0.39 is 0 Å². The Labute approximate surface area is 36.4 Å². The summed E-state index contributed by atoms with van der Waals surface area (Å²) < 4.78 is 0. The molecule has 2 N–H and O–H groups in total. The minimum Gasteiger partial charge on any atom is -0.251 e. The van der Waals surface area contributed by atoms with E-state index in [-0.39, 0.29) is 0 Å². The van der Waals surface area contributed by atoms with Gasteiger partial charge < -0.3 is 0 Å². The van der Waals surface area contributed by atoms with Gasteiger partial charge in [0.1, 0.15) is 0 Å². The summed E-state index contributed by atoms with van der Waals surface area (Å²) in [5, 5.41) is 0. The average molecular weight is 92.2 g/mol. The molecule has 0 spiro atoms. The highest BCUT2D eigenvalue weighted by molar-refractivity contribution is 7.96. The first-order valence-corrected chi connectivity index (χ1v) is 2.59. The number of hydrogen-bond donors (Lipinski definition) is 2. The molecule has 0 fully saturated rings. The third kappa shape index (κ3) is 4.27. The lowest BCUT2D eigenvalue weighted by molar-refractivity contribution is 0.819. The van der Waals surface area contributed by atoms with Crippen LogP contribution >= 0.6 is 11.9 Å². The summed E-state index contributed by atoms with van der Waals surface area (Å²) in [4.78, 5) is 2.78. The molecule has 2 nitrogen and oxygen atoms in total. The molecule has 0 saturated carbocycles. The normalized spacial score (nSPS) is 8.40. The Kier molecular flexibility index (Phi) is 4.50. The zero-order valence-electron chi connectivity index (χ0n) is 3.41. The monoisotopic (exact) mass is 92.0 g/mol. The van der Waals surface area contributed by atoms with E-state index in [1.807, 2.05) is 13.3 Å². The van der Waals surface area contributed by atoms with Gasteiger partial charge in [-0.3, -0.25) is 5.43 Å². The molecule has 0 amide bonds. The third-order valence-electron chi connectivity index (χ3n) is 0.204. The molecule has 0 radical (unpaired) electrons. The van der Waals surface area contributed by atoms with Crippen LogP contribution in [0.2, 0.25) is 0 Å². The predicted octanol–water partition coefficient (Wildman–Crippen LogP) is -0.0116. The molecule has 0 aliphatic heterocycles. The summed E-state index contributed by atoms with van der Waals surface area (Å²) in [5.74, 6) is 0. The van der Waals surface area contributed by atoms with Crippen molar-refractivity contribution in [2.24, 2.45) is 0 Å². The molecule has 0 bridgehead atoms. The molecule has 0 heterocycles. The number of hydrogen-bond acceptors (Lipinski definition) is 3. The van der Waals surface area contributed by atoms with Gasteiger partial charge in [0.2, 0.25) is 0 Å². The first-order chi connectivity index (χ1) is 2.41. The lowest BCUT2D eigenvalue weighted by Crippen LogP contribution is -2.18. The van der Waals surface area contributed by atoms with Crippen molar-refractivity contribution in [3.8, 4) is 0 Å². The van der Waals surface area contributed by atoms with E-state index in [1.165, 1.54) is 0 Å². The molecule has 0 atom stereocenters. The van der Waals surface area contributed by atoms with Gasteiger partial charge in [0.05, 0.1) is 0 Å². The fourth-order valence-corrected chi connectivity index (χ4v) is 0.306. The van der Waals surface area contributed by atoms with Gasteiger partial charge in [0.25, 0.3) is 0 Å². The molecule has 32 valence electrons. The van der Waals surface area contributed by atoms with Crippen molar-refractivity contribution >= 4 is 11.9 Å². The van der Waals surface area contributed by atoms with Gasteiger partial charge in [-0.2, -0.15) is 0 Å². The second-order valence-electron chi connectivity index (χ2n) is 0.556. The molecule has 0 aromatic rings. The Bertz CT molecular complexity index is 15.1. The molecule has 3 heteroatoms. The van der Waals surface area contributed by atoms with Gasteiger partial charge in [0, 0.05) is 0 Å². The molecule has 0 aromatic heterocycles. The van der Waals surface area contributed by atoms with Gasteiger partial charge in [-0.25, -0.2) is 4.83 Å². The second-order valence-corrected chi connectivity index (χ2v) is 1.17. The smallest absolute Gasteiger partial charge is 0.000597 e. The van der Waals surface area contributed by atoms with E-state index in [2.05, 4.69) is 10.3 Å². The van der Waals surface area contributed by atoms with Gasteiger partial charge in [-0.15, -0.1) is 0 Å². The van der Waals surface area contributed by atoms with E-state index in [1.54, 1.807) is 11.9 Å². The summed E-state index contributed by atoms with van der Waals surface area (Å²) in [5.41, 5.74) is 2.73. The van der Waals surface area contributed by atoms with Crippen LogP contribution in [0, 0.1) is 0 Å². The summed E-state index contributed by atoms with van der Waals surface area (Å²) in [6.07, 6.45) is 1.95. The van der Waals surface area contributed by atoms with Crippen molar-refractivity contribution in [1.82, 2.24) is 10.3 Å². The predicted molar refractivity (Wildman–Crippen MR) is 25.7 cm³/mol. The van der Waals surface area contributed by atoms with Gasteiger partial charge in [-0.1, -0.05) is 11.9 Å². The van der Waals surface area contributed by atoms with E-state index in [0.29, 0.717) is 0 Å². The fraction of sp³-hybridized carbons (Fsp3) is 1.00. The molecule has 0 aliphatic carbocycles. The molecule has 0 aromatic carbocycles. The maximum Gasteiger partial charge on any atom is -0.000597 e. The summed E-state index contributed by atoms with van der Waals surface area (Å²) in [6, 6.07) is 0. The quantitative estimate of drug-likeness (QED) is 0.370. The lowest BCUT2D eigenvalue weighted by atomic mass is 11.5. The van der Waals surface area contributed by atoms with Gasteiger partial charge in [0.15, 0.2) is 0 Å². The number of nitrogens with one attached hydrogen (secondary N) is 2. The molecular weight excluding hydrogens is 84.1 g/mol. The van der Waals surface area contributed by atoms with Crippen LogP contribution in [0.15, 0.2) is 0 Å². The summed E-state index contributed by atoms with van der Waals surface area (Å²) >= 11 is 1.54. The Morgan fingerprint density at radius 3 is 2.20 bits per heavy atom. The highest BCUT2D eigenvalue weighted by atomic mass is 32.2. The molecule has 0 aliphatic rings. The van der Waals surface area contributed by atoms with Crippen LogP contribution in [-0.4, -0.2) is 13.3 Å². The zero-order valence-corrected chi connectivity index (χ0v) is 4.22. The van der Waals surface area contributed by atoms with E-state index >= 15 is 0 Å². The van der Waals surface area contributed by atoms with Crippen LogP contribution in [0.5, 0.6) is 0 Å². The fourth-order valence-electron chi connectivity index (χ4n) is 0.102. The van der Waals surface area contributed by atoms with Crippen molar-refractivity contribution in [1.29, 1.82) is 0 Å². The van der Waals surface area contributed by atoms with Crippen molar-refractivity contribution in [2.75, 3.05) is 13.3 Å². The minimum atomic E-state index is 1.54. The van der Waals surface area contributed by atoms with Crippen LogP contribution in [0.4, 0.5) is 0 Å². The Morgan fingerprint density at radius 2 is 2.20 bits per heavy atom. The topological polar surface area (TPSA) is 24.1 Å². The molecule has 0 rings (SSSR count). The Hall–Kier alpha value is 0.270. The van der Waals surface area contributed by atoms with Gasteiger partial charge in [-0.05, 0) is 13.3 Å². The number of hydrazine groups is 1. The Morgan fingerprint density at radius 1 is 1.60 bits per heavy atom. The maximum atomic E-state index is 2.78. The average Bonchev–Trinajstić information content (AvgIpc) is 1.41. The summed E-state index contributed by atoms with van der Waals surface area (Å²) in [7, 11) is 1.83. The first kappa shape index (κ1) is 5.27. The SMILES string of the molecule is CNNSC. The van der Waals surface area contributed by atoms with Crippen molar-refractivity contribution in [3.05, 3.63) is 0 Å². The highest BCUT2D eigenvalue weighted by Gasteiger charge is 1.59. The van der Waals surface area contributed by atoms with Crippen molar-refractivity contribution in [3.63, 3.8) is 0 Å². The summed E-state index contributed by atoms with van der Waals surface area (Å²) in [6.45, 7) is 0. The molecule has 0 unspecified atom stereocenters.